The number of hydrogen-bond acceptors (Lipinski definition) is 2. The van der Waals surface area contributed by atoms with Crippen LogP contribution in [0, 0.1) is 0 Å². The molecule has 0 aliphatic rings. The highest BCUT2D eigenvalue weighted by atomic mass is 15.6. The van der Waals surface area contributed by atoms with E-state index in [1.807, 2.05) is 6.07 Å². The number of nitrogens with two attached hydrogens (primary N) is 1. The zero-order chi connectivity index (χ0) is 11.3. The van der Waals surface area contributed by atoms with Crippen molar-refractivity contribution in [1.29, 1.82) is 0 Å². The molecule has 0 saturated heterocycles. The molecule has 0 aliphatic heterocycles. The summed E-state index contributed by atoms with van der Waals surface area (Å²) in [5.41, 5.74) is 10.5. The smallest absolute Gasteiger partial charge is 0.0853 e. The van der Waals surface area contributed by atoms with Crippen molar-refractivity contribution < 1.29 is 4.59 Å². The van der Waals surface area contributed by atoms with Crippen LogP contribution in [0.2, 0.25) is 0 Å². The van der Waals surface area contributed by atoms with Crippen LogP contribution in [0.15, 0.2) is 30.3 Å². The number of rotatable bonds is 5. The number of nitrogens with zero attached hydrogens (tertiary/aromatic N) is 1. The lowest BCUT2D eigenvalue weighted by Gasteiger charge is -2.29. The van der Waals surface area contributed by atoms with Gasteiger partial charge in [-0.1, -0.05) is 30.3 Å². The van der Waals surface area contributed by atoms with E-state index in [1.165, 1.54) is 5.56 Å². The molecule has 1 atom stereocenters. The van der Waals surface area contributed by atoms with Gasteiger partial charge in [-0.15, -0.1) is 0 Å². The second-order valence-corrected chi connectivity index (χ2v) is 4.76. The van der Waals surface area contributed by atoms with Crippen LogP contribution >= 0.6 is 0 Å². The minimum atomic E-state index is 0.326. The molecule has 0 saturated carbocycles. The molecule has 0 fully saturated rings. The highest BCUT2D eigenvalue weighted by molar-refractivity contribution is 5.15. The van der Waals surface area contributed by atoms with Gasteiger partial charge in [-0.05, 0) is 12.0 Å². The number of benzene rings is 1. The molecular formula is C12H22N3+. The second-order valence-electron chi connectivity index (χ2n) is 4.76. The molecule has 0 spiro atoms. The van der Waals surface area contributed by atoms with Gasteiger partial charge in [0.05, 0.1) is 27.2 Å². The first-order valence-corrected chi connectivity index (χ1v) is 5.34. The van der Waals surface area contributed by atoms with Gasteiger partial charge in [-0.3, -0.25) is 4.59 Å². The molecule has 84 valence electrons. The van der Waals surface area contributed by atoms with Gasteiger partial charge in [0.2, 0.25) is 0 Å². The van der Waals surface area contributed by atoms with Crippen LogP contribution in [0.3, 0.4) is 0 Å². The molecule has 1 aromatic rings. The number of nitrogens with one attached hydrogen (secondary N) is 1. The van der Waals surface area contributed by atoms with Gasteiger partial charge in [-0.25, -0.2) is 0 Å². The van der Waals surface area contributed by atoms with Crippen LogP contribution in [0.5, 0.6) is 0 Å². The molecule has 1 rings (SSSR count). The number of quaternary nitrogens is 1. The fraction of sp³-hybridized carbons (Fsp3) is 0.500. The standard InChI is InChI=1S/C12H22N3/c1-15(2,3)14-12(10-13)9-11-7-5-4-6-8-11/h4-8,12,14H,9-10,13H2,1-3H3/q+1. The van der Waals surface area contributed by atoms with Crippen molar-refractivity contribution in [2.45, 2.75) is 12.5 Å². The third-order valence-corrected chi connectivity index (χ3v) is 2.18. The summed E-state index contributed by atoms with van der Waals surface area (Å²) in [5, 5.41) is 0. The van der Waals surface area contributed by atoms with Gasteiger partial charge in [0.1, 0.15) is 0 Å². The Hall–Kier alpha value is -0.900. The van der Waals surface area contributed by atoms with Crippen LogP contribution in [0.4, 0.5) is 0 Å². The second kappa shape index (κ2) is 5.26. The predicted molar refractivity (Wildman–Crippen MR) is 64.2 cm³/mol. The van der Waals surface area contributed by atoms with Crippen molar-refractivity contribution in [3.05, 3.63) is 35.9 Å². The van der Waals surface area contributed by atoms with Crippen molar-refractivity contribution in [2.75, 3.05) is 27.7 Å². The van der Waals surface area contributed by atoms with Gasteiger partial charge >= 0.3 is 0 Å². The SMILES string of the molecule is C[N+](C)(C)NC(CN)Cc1ccccc1. The van der Waals surface area contributed by atoms with Gasteiger partial charge in [0, 0.05) is 6.54 Å². The third-order valence-electron chi connectivity index (χ3n) is 2.18. The maximum atomic E-state index is 5.76. The molecule has 0 aliphatic carbocycles. The fourth-order valence-electron chi connectivity index (χ4n) is 1.63. The Labute approximate surface area is 92.5 Å². The molecule has 1 unspecified atom stereocenters. The van der Waals surface area contributed by atoms with E-state index in [2.05, 4.69) is 50.8 Å². The first-order valence-electron chi connectivity index (χ1n) is 5.34. The van der Waals surface area contributed by atoms with Crippen molar-refractivity contribution in [3.8, 4) is 0 Å². The van der Waals surface area contributed by atoms with Crippen LogP contribution in [0.1, 0.15) is 5.56 Å². The van der Waals surface area contributed by atoms with E-state index in [1.54, 1.807) is 0 Å². The van der Waals surface area contributed by atoms with E-state index in [4.69, 9.17) is 5.73 Å². The zero-order valence-corrected chi connectivity index (χ0v) is 9.90. The van der Waals surface area contributed by atoms with E-state index in [-0.39, 0.29) is 0 Å². The molecular weight excluding hydrogens is 186 g/mol. The van der Waals surface area contributed by atoms with Gasteiger partial charge in [0.15, 0.2) is 0 Å². The molecule has 3 N–H and O–H groups in total. The van der Waals surface area contributed by atoms with Crippen molar-refractivity contribution in [1.82, 2.24) is 5.43 Å². The first-order chi connectivity index (χ1) is 7.01. The van der Waals surface area contributed by atoms with E-state index in [9.17, 15) is 0 Å². The third kappa shape index (κ3) is 4.93. The lowest BCUT2D eigenvalue weighted by Crippen LogP contribution is -2.56. The summed E-state index contributed by atoms with van der Waals surface area (Å²) in [5.74, 6) is 0. The molecule has 0 radical (unpaired) electrons. The molecule has 15 heavy (non-hydrogen) atoms. The van der Waals surface area contributed by atoms with Gasteiger partial charge < -0.3 is 5.73 Å². The summed E-state index contributed by atoms with van der Waals surface area (Å²) in [4.78, 5) is 0. The van der Waals surface area contributed by atoms with Crippen molar-refractivity contribution >= 4 is 0 Å². The van der Waals surface area contributed by atoms with Gasteiger partial charge in [-0.2, -0.15) is 5.43 Å². The topological polar surface area (TPSA) is 38.0 Å². The summed E-state index contributed by atoms with van der Waals surface area (Å²) < 4.78 is 0.731. The Balaban J connectivity index is 2.55. The lowest BCUT2D eigenvalue weighted by atomic mass is 10.1. The Kier molecular flexibility index (Phi) is 4.27. The van der Waals surface area contributed by atoms with E-state index >= 15 is 0 Å². The maximum absolute atomic E-state index is 5.76. The zero-order valence-electron chi connectivity index (χ0n) is 9.90. The molecule has 3 nitrogen and oxygen atoms in total. The predicted octanol–water partition coefficient (Wildman–Crippen LogP) is 0.767. The highest BCUT2D eigenvalue weighted by Gasteiger charge is 2.15. The number of hydrogen-bond donors (Lipinski definition) is 2. The van der Waals surface area contributed by atoms with Crippen molar-refractivity contribution in [3.63, 3.8) is 0 Å². The van der Waals surface area contributed by atoms with Crippen LogP contribution in [-0.4, -0.2) is 38.3 Å². The Bertz CT molecular complexity index is 277. The van der Waals surface area contributed by atoms with E-state index in [0.29, 0.717) is 12.6 Å². The summed E-state index contributed by atoms with van der Waals surface area (Å²) >= 11 is 0. The lowest BCUT2D eigenvalue weighted by molar-refractivity contribution is -0.918. The fourth-order valence-corrected chi connectivity index (χ4v) is 1.63. The molecule has 0 heterocycles. The summed E-state index contributed by atoms with van der Waals surface area (Å²) in [6.45, 7) is 0.657. The Morgan fingerprint density at radius 2 is 1.80 bits per heavy atom. The van der Waals surface area contributed by atoms with Crippen LogP contribution in [0.25, 0.3) is 0 Å². The summed E-state index contributed by atoms with van der Waals surface area (Å²) in [7, 11) is 6.31. The summed E-state index contributed by atoms with van der Waals surface area (Å²) in [6.07, 6.45) is 0.979. The molecule has 0 amide bonds. The summed E-state index contributed by atoms with van der Waals surface area (Å²) in [6, 6.07) is 10.8. The molecule has 0 bridgehead atoms. The van der Waals surface area contributed by atoms with Crippen LogP contribution in [-0.2, 0) is 6.42 Å². The largest absolute Gasteiger partial charge is 0.329 e. The maximum Gasteiger partial charge on any atom is 0.0853 e. The van der Waals surface area contributed by atoms with E-state index in [0.717, 1.165) is 11.0 Å². The molecule has 3 heteroatoms. The Morgan fingerprint density at radius 1 is 1.20 bits per heavy atom. The minimum absolute atomic E-state index is 0.326. The highest BCUT2D eigenvalue weighted by Crippen LogP contribution is 2.03. The molecule has 0 aromatic heterocycles. The average molecular weight is 208 g/mol. The quantitative estimate of drug-likeness (QED) is 0.554. The van der Waals surface area contributed by atoms with Crippen molar-refractivity contribution in [2.24, 2.45) is 5.73 Å². The van der Waals surface area contributed by atoms with E-state index < -0.39 is 0 Å². The Morgan fingerprint density at radius 3 is 2.27 bits per heavy atom. The van der Waals surface area contributed by atoms with Gasteiger partial charge in [0.25, 0.3) is 0 Å². The van der Waals surface area contributed by atoms with Crippen LogP contribution < -0.4 is 11.2 Å². The monoisotopic (exact) mass is 208 g/mol. The first kappa shape index (κ1) is 12.2. The average Bonchev–Trinajstić information content (AvgIpc) is 2.16. The molecule has 1 aromatic carbocycles. The normalized spacial score (nSPS) is 13.9. The minimum Gasteiger partial charge on any atom is -0.329 e.